The van der Waals surface area contributed by atoms with E-state index >= 15 is 0 Å². The Bertz CT molecular complexity index is 1660. The molecule has 0 fully saturated rings. The lowest BCUT2D eigenvalue weighted by atomic mass is 10.1. The van der Waals surface area contributed by atoms with Gasteiger partial charge in [0.15, 0.2) is 0 Å². The van der Waals surface area contributed by atoms with Crippen LogP contribution in [-0.2, 0) is 29.1 Å². The fourth-order valence-corrected chi connectivity index (χ4v) is 4.89. The van der Waals surface area contributed by atoms with Crippen molar-refractivity contribution in [2.45, 2.75) is 26.5 Å². The summed E-state index contributed by atoms with van der Waals surface area (Å²) in [6.45, 7) is 3.82. The average Bonchev–Trinajstić information content (AvgIpc) is 3.32. The second-order valence-electron chi connectivity index (χ2n) is 9.53. The number of amides is 1. The first-order valence-corrected chi connectivity index (χ1v) is 13.1. The highest BCUT2D eigenvalue weighted by molar-refractivity contribution is 6.07. The molecule has 3 aromatic carbocycles. The van der Waals surface area contributed by atoms with E-state index in [1.807, 2.05) is 78.2 Å². The Balaban J connectivity index is 1.33. The van der Waals surface area contributed by atoms with Gasteiger partial charge in [-0.15, -0.1) is 0 Å². The predicted octanol–water partition coefficient (Wildman–Crippen LogP) is 6.07. The Labute approximate surface area is 227 Å². The van der Waals surface area contributed by atoms with Gasteiger partial charge in [-0.05, 0) is 42.3 Å². The minimum Gasteiger partial charge on any atom is -0.376 e. The number of carbonyl (C=O) groups excluding carboxylic acids is 1. The minimum absolute atomic E-state index is 0.186. The zero-order valence-electron chi connectivity index (χ0n) is 21.7. The number of nitrogens with one attached hydrogen (secondary N) is 2. The van der Waals surface area contributed by atoms with Gasteiger partial charge in [0.05, 0.1) is 30.1 Å². The molecule has 0 atom stereocenters. The normalized spacial score (nSPS) is 12.9. The third-order valence-corrected chi connectivity index (χ3v) is 6.83. The van der Waals surface area contributed by atoms with Crippen LogP contribution in [0.1, 0.15) is 28.1 Å². The highest BCUT2D eigenvalue weighted by atomic mass is 16.5. The number of rotatable bonds is 7. The quantitative estimate of drug-likeness (QED) is 0.257. The summed E-state index contributed by atoms with van der Waals surface area (Å²) < 4.78 is 7.79. The maximum absolute atomic E-state index is 12.7. The number of ether oxygens (including phenoxy) is 1. The molecule has 0 unspecified atom stereocenters. The molecule has 7 nitrogen and oxygen atoms in total. The van der Waals surface area contributed by atoms with Gasteiger partial charge in [0.2, 0.25) is 11.9 Å². The van der Waals surface area contributed by atoms with Crippen molar-refractivity contribution in [3.63, 3.8) is 0 Å². The van der Waals surface area contributed by atoms with Crippen LogP contribution in [0.4, 0.5) is 11.5 Å². The lowest BCUT2D eigenvalue weighted by Gasteiger charge is -2.21. The molecular weight excluding hydrogens is 486 g/mol. The first-order valence-electron chi connectivity index (χ1n) is 13.1. The summed E-state index contributed by atoms with van der Waals surface area (Å²) >= 11 is 0. The molecular formula is C32H29N5O2. The summed E-state index contributed by atoms with van der Waals surface area (Å²) in [6, 6.07) is 28.0. The molecule has 39 heavy (non-hydrogen) atoms. The standard InChI is InChI=1S/C32H29N5O2/c1-22-19-25-27(34-30(38)16-15-23-9-4-2-5-10-23)13-8-14-29(25)37(22)32-35-28-17-18-39-21-26(28)31(36-32)33-20-24-11-6-3-7-12-24/h2-16,19H,17-18,20-21H2,1H3,(H,34,38)(H,33,35,36)/b16-15+. The number of benzene rings is 3. The fraction of sp³-hybridized carbons (Fsp3) is 0.156. The maximum Gasteiger partial charge on any atom is 0.248 e. The predicted molar refractivity (Wildman–Crippen MR) is 155 cm³/mol. The number of fused-ring (bicyclic) bond motifs is 2. The molecule has 3 heterocycles. The molecule has 0 aliphatic carbocycles. The molecule has 2 aromatic heterocycles. The van der Waals surface area contributed by atoms with Gasteiger partial charge in [0, 0.05) is 35.7 Å². The summed E-state index contributed by atoms with van der Waals surface area (Å²) in [5, 5.41) is 7.48. The third kappa shape index (κ3) is 5.30. The number of aryl methyl sites for hydroxylation is 1. The van der Waals surface area contributed by atoms with Crippen LogP contribution >= 0.6 is 0 Å². The van der Waals surface area contributed by atoms with Crippen LogP contribution < -0.4 is 10.6 Å². The SMILES string of the molecule is Cc1cc2c(NC(=O)/C=C/c3ccccc3)cccc2n1-c1nc2c(c(NCc3ccccc3)n1)COCC2. The summed E-state index contributed by atoms with van der Waals surface area (Å²) in [7, 11) is 0. The second-order valence-corrected chi connectivity index (χ2v) is 9.53. The monoisotopic (exact) mass is 515 g/mol. The van der Waals surface area contributed by atoms with Gasteiger partial charge in [-0.1, -0.05) is 66.7 Å². The lowest BCUT2D eigenvalue weighted by molar-refractivity contribution is -0.111. The molecule has 0 radical (unpaired) electrons. The Morgan fingerprint density at radius 2 is 1.79 bits per heavy atom. The van der Waals surface area contributed by atoms with E-state index in [9.17, 15) is 4.79 Å². The van der Waals surface area contributed by atoms with Gasteiger partial charge in [-0.2, -0.15) is 4.98 Å². The molecule has 1 amide bonds. The van der Waals surface area contributed by atoms with Crippen molar-refractivity contribution in [2.24, 2.45) is 0 Å². The number of aromatic nitrogens is 3. The molecule has 194 valence electrons. The average molecular weight is 516 g/mol. The van der Waals surface area contributed by atoms with Crippen LogP contribution in [0.2, 0.25) is 0 Å². The van der Waals surface area contributed by atoms with Crippen LogP contribution in [0.5, 0.6) is 0 Å². The van der Waals surface area contributed by atoms with Crippen molar-refractivity contribution < 1.29 is 9.53 Å². The van der Waals surface area contributed by atoms with Crippen molar-refractivity contribution >= 4 is 34.4 Å². The highest BCUT2D eigenvalue weighted by Gasteiger charge is 2.21. The Morgan fingerprint density at radius 3 is 2.62 bits per heavy atom. The molecule has 0 saturated heterocycles. The van der Waals surface area contributed by atoms with Crippen LogP contribution in [0, 0.1) is 6.92 Å². The van der Waals surface area contributed by atoms with Gasteiger partial charge in [-0.3, -0.25) is 9.36 Å². The fourth-order valence-electron chi connectivity index (χ4n) is 4.89. The topological polar surface area (TPSA) is 81.1 Å². The van der Waals surface area contributed by atoms with Crippen molar-refractivity contribution in [1.29, 1.82) is 0 Å². The number of hydrogen-bond acceptors (Lipinski definition) is 5. The molecule has 1 aliphatic heterocycles. The Morgan fingerprint density at radius 1 is 1.00 bits per heavy atom. The third-order valence-electron chi connectivity index (χ3n) is 6.83. The van der Waals surface area contributed by atoms with Crippen LogP contribution in [0.3, 0.4) is 0 Å². The van der Waals surface area contributed by atoms with Crippen molar-refractivity contribution in [2.75, 3.05) is 17.2 Å². The minimum atomic E-state index is -0.186. The number of nitrogens with zero attached hydrogens (tertiary/aromatic N) is 3. The van der Waals surface area contributed by atoms with Crippen molar-refractivity contribution in [1.82, 2.24) is 14.5 Å². The summed E-state index contributed by atoms with van der Waals surface area (Å²) in [5.74, 6) is 1.20. The summed E-state index contributed by atoms with van der Waals surface area (Å²) in [6.07, 6.45) is 4.09. The van der Waals surface area contributed by atoms with Crippen molar-refractivity contribution in [3.05, 3.63) is 119 Å². The first-order chi connectivity index (χ1) is 19.2. The smallest absolute Gasteiger partial charge is 0.248 e. The van der Waals surface area contributed by atoms with Crippen LogP contribution in [0.25, 0.3) is 22.9 Å². The van der Waals surface area contributed by atoms with Crippen LogP contribution in [0.15, 0.2) is 91.0 Å². The molecule has 0 spiro atoms. The van der Waals surface area contributed by atoms with Gasteiger partial charge in [-0.25, -0.2) is 4.98 Å². The van der Waals surface area contributed by atoms with Gasteiger partial charge in [0.25, 0.3) is 0 Å². The van der Waals surface area contributed by atoms with E-state index in [2.05, 4.69) is 28.8 Å². The largest absolute Gasteiger partial charge is 0.376 e. The Hall–Kier alpha value is -4.75. The number of anilines is 2. The lowest BCUT2D eigenvalue weighted by Crippen LogP contribution is -2.19. The number of carbonyl (C=O) groups is 1. The molecule has 0 saturated carbocycles. The molecule has 0 bridgehead atoms. The zero-order chi connectivity index (χ0) is 26.6. The molecule has 1 aliphatic rings. The van der Waals surface area contributed by atoms with Gasteiger partial charge >= 0.3 is 0 Å². The van der Waals surface area contributed by atoms with Crippen LogP contribution in [-0.4, -0.2) is 27.0 Å². The molecule has 6 rings (SSSR count). The molecule has 2 N–H and O–H groups in total. The van der Waals surface area contributed by atoms with E-state index in [0.29, 0.717) is 25.7 Å². The zero-order valence-corrected chi connectivity index (χ0v) is 21.7. The van der Waals surface area contributed by atoms with Gasteiger partial charge < -0.3 is 15.4 Å². The van der Waals surface area contributed by atoms with Gasteiger partial charge in [0.1, 0.15) is 5.82 Å². The summed E-state index contributed by atoms with van der Waals surface area (Å²) in [4.78, 5) is 22.7. The van der Waals surface area contributed by atoms with E-state index in [1.54, 1.807) is 12.2 Å². The first kappa shape index (κ1) is 24.6. The second kappa shape index (κ2) is 10.9. The van der Waals surface area contributed by atoms with E-state index in [-0.39, 0.29) is 5.91 Å². The van der Waals surface area contributed by atoms with E-state index < -0.39 is 0 Å². The Kier molecular flexibility index (Phi) is 6.89. The number of hydrogen-bond donors (Lipinski definition) is 2. The summed E-state index contributed by atoms with van der Waals surface area (Å²) in [5.41, 5.74) is 6.80. The molecule has 7 heteroatoms. The van der Waals surface area contributed by atoms with E-state index in [1.165, 1.54) is 5.56 Å². The van der Waals surface area contributed by atoms with Crippen molar-refractivity contribution in [3.8, 4) is 5.95 Å². The highest BCUT2D eigenvalue weighted by Crippen LogP contribution is 2.31. The van der Waals surface area contributed by atoms with E-state index in [4.69, 9.17) is 14.7 Å². The maximum atomic E-state index is 12.7. The molecule has 5 aromatic rings. The van der Waals surface area contributed by atoms with E-state index in [0.717, 1.165) is 51.3 Å².